The second kappa shape index (κ2) is 4.20. The molecule has 2 aliphatic heterocycles. The van der Waals surface area contributed by atoms with Crippen molar-refractivity contribution in [3.8, 4) is 0 Å². The van der Waals surface area contributed by atoms with E-state index in [4.69, 9.17) is 13.9 Å². The van der Waals surface area contributed by atoms with E-state index in [0.717, 1.165) is 44.8 Å². The molecule has 1 spiro atoms. The first-order valence-electron chi connectivity index (χ1n) is 5.91. The molecule has 2 aliphatic rings. The van der Waals surface area contributed by atoms with Crippen molar-refractivity contribution in [2.24, 2.45) is 0 Å². The monoisotopic (exact) mass is 223 g/mol. The minimum atomic E-state index is -0.187. The van der Waals surface area contributed by atoms with Gasteiger partial charge in [0.2, 0.25) is 0 Å². The Labute approximate surface area is 94.9 Å². The van der Waals surface area contributed by atoms with Crippen LogP contribution in [0.3, 0.4) is 0 Å². The molecule has 0 saturated carbocycles. The van der Waals surface area contributed by atoms with Gasteiger partial charge in [0.1, 0.15) is 11.5 Å². The van der Waals surface area contributed by atoms with Crippen molar-refractivity contribution in [3.63, 3.8) is 0 Å². The minimum absolute atomic E-state index is 0.187. The molecule has 0 amide bonds. The Balaban J connectivity index is 1.74. The number of hydrogen-bond acceptors (Lipinski definition) is 4. The van der Waals surface area contributed by atoms with Crippen LogP contribution in [0.1, 0.15) is 31.1 Å². The zero-order valence-corrected chi connectivity index (χ0v) is 9.28. The highest BCUT2D eigenvalue weighted by atomic mass is 16.5. The lowest BCUT2D eigenvalue weighted by Gasteiger charge is -2.43. The molecule has 16 heavy (non-hydrogen) atoms. The van der Waals surface area contributed by atoms with Gasteiger partial charge >= 0.3 is 0 Å². The predicted octanol–water partition coefficient (Wildman–Crippen LogP) is 1.84. The molecule has 3 heterocycles. The molecular weight excluding hydrogens is 206 g/mol. The molecule has 2 saturated heterocycles. The minimum Gasteiger partial charge on any atom is -0.468 e. The molecule has 88 valence electrons. The zero-order valence-electron chi connectivity index (χ0n) is 9.28. The van der Waals surface area contributed by atoms with Gasteiger partial charge in [-0.1, -0.05) is 0 Å². The molecule has 3 rings (SSSR count). The summed E-state index contributed by atoms with van der Waals surface area (Å²) in [7, 11) is 0. The molecule has 0 aromatic carbocycles. The van der Waals surface area contributed by atoms with Gasteiger partial charge < -0.3 is 13.9 Å². The van der Waals surface area contributed by atoms with Gasteiger partial charge in [0.25, 0.3) is 0 Å². The molecule has 0 bridgehead atoms. The molecule has 0 radical (unpaired) electrons. The van der Waals surface area contributed by atoms with Gasteiger partial charge in [-0.25, -0.2) is 0 Å². The lowest BCUT2D eigenvalue weighted by Crippen LogP contribution is -2.55. The SMILES string of the molecule is c1coc(C2CCOC3(CCOCC3)N2)c1. The molecule has 0 aliphatic carbocycles. The molecule has 4 heteroatoms. The maximum Gasteiger partial charge on any atom is 0.124 e. The van der Waals surface area contributed by atoms with Gasteiger partial charge in [0.15, 0.2) is 0 Å². The Hall–Kier alpha value is -0.840. The molecule has 2 fully saturated rings. The lowest BCUT2D eigenvalue weighted by atomic mass is 9.98. The van der Waals surface area contributed by atoms with Crippen molar-refractivity contribution in [1.29, 1.82) is 0 Å². The van der Waals surface area contributed by atoms with E-state index >= 15 is 0 Å². The van der Waals surface area contributed by atoms with E-state index in [1.807, 2.05) is 12.1 Å². The largest absolute Gasteiger partial charge is 0.468 e. The summed E-state index contributed by atoms with van der Waals surface area (Å²) in [6, 6.07) is 4.24. The van der Waals surface area contributed by atoms with Crippen molar-refractivity contribution >= 4 is 0 Å². The fraction of sp³-hybridized carbons (Fsp3) is 0.667. The van der Waals surface area contributed by atoms with Crippen LogP contribution in [0.2, 0.25) is 0 Å². The van der Waals surface area contributed by atoms with Crippen LogP contribution in [0.4, 0.5) is 0 Å². The third-order valence-electron chi connectivity index (χ3n) is 3.41. The van der Waals surface area contributed by atoms with Crippen molar-refractivity contribution < 1.29 is 13.9 Å². The van der Waals surface area contributed by atoms with Gasteiger partial charge in [0.05, 0.1) is 32.1 Å². The third-order valence-corrected chi connectivity index (χ3v) is 3.41. The van der Waals surface area contributed by atoms with Crippen LogP contribution in [0, 0.1) is 0 Å². The first-order valence-corrected chi connectivity index (χ1v) is 5.91. The van der Waals surface area contributed by atoms with Crippen molar-refractivity contribution in [2.45, 2.75) is 31.0 Å². The molecule has 1 aromatic heterocycles. The van der Waals surface area contributed by atoms with Crippen LogP contribution in [0.15, 0.2) is 22.8 Å². The standard InChI is InChI=1S/C12H17NO3/c1-2-11(15-6-1)10-3-7-16-12(13-10)4-8-14-9-5-12/h1-2,6,10,13H,3-5,7-9H2. The van der Waals surface area contributed by atoms with Crippen LogP contribution in [0.25, 0.3) is 0 Å². The van der Waals surface area contributed by atoms with E-state index in [1.165, 1.54) is 0 Å². The molecule has 1 unspecified atom stereocenters. The Kier molecular flexibility index (Phi) is 2.71. The molecule has 1 N–H and O–H groups in total. The van der Waals surface area contributed by atoms with Gasteiger partial charge in [-0.05, 0) is 18.6 Å². The zero-order chi connectivity index (χ0) is 10.8. The second-order valence-electron chi connectivity index (χ2n) is 4.46. The number of nitrogens with one attached hydrogen (secondary N) is 1. The molecule has 1 aromatic rings. The van der Waals surface area contributed by atoms with Crippen LogP contribution in [0.5, 0.6) is 0 Å². The maximum atomic E-state index is 5.90. The van der Waals surface area contributed by atoms with Crippen LogP contribution >= 0.6 is 0 Å². The van der Waals surface area contributed by atoms with Crippen LogP contribution in [-0.4, -0.2) is 25.5 Å². The van der Waals surface area contributed by atoms with Crippen molar-refractivity contribution in [1.82, 2.24) is 5.32 Å². The Morgan fingerprint density at radius 2 is 2.12 bits per heavy atom. The highest BCUT2D eigenvalue weighted by Gasteiger charge is 2.39. The van der Waals surface area contributed by atoms with Crippen LogP contribution in [-0.2, 0) is 9.47 Å². The molecule has 1 atom stereocenters. The Bertz CT molecular complexity index is 325. The van der Waals surface area contributed by atoms with Crippen LogP contribution < -0.4 is 5.32 Å². The van der Waals surface area contributed by atoms with Crippen molar-refractivity contribution in [3.05, 3.63) is 24.2 Å². The highest BCUT2D eigenvalue weighted by molar-refractivity contribution is 5.06. The van der Waals surface area contributed by atoms with E-state index < -0.39 is 0 Å². The second-order valence-corrected chi connectivity index (χ2v) is 4.46. The first kappa shape index (κ1) is 10.3. The first-order chi connectivity index (χ1) is 7.88. The molecular formula is C12H17NO3. The van der Waals surface area contributed by atoms with E-state index in [2.05, 4.69) is 5.32 Å². The van der Waals surface area contributed by atoms with E-state index in [-0.39, 0.29) is 11.8 Å². The third kappa shape index (κ3) is 1.88. The number of hydrogen-bond donors (Lipinski definition) is 1. The average Bonchev–Trinajstić information content (AvgIpc) is 2.83. The number of furan rings is 1. The summed E-state index contributed by atoms with van der Waals surface area (Å²) in [4.78, 5) is 0. The van der Waals surface area contributed by atoms with Gasteiger partial charge in [-0.15, -0.1) is 0 Å². The molecule has 4 nitrogen and oxygen atoms in total. The quantitative estimate of drug-likeness (QED) is 0.789. The van der Waals surface area contributed by atoms with Gasteiger partial charge in [-0.2, -0.15) is 0 Å². The number of rotatable bonds is 1. The fourth-order valence-electron chi connectivity index (χ4n) is 2.50. The summed E-state index contributed by atoms with van der Waals surface area (Å²) in [6.45, 7) is 2.34. The summed E-state index contributed by atoms with van der Waals surface area (Å²) in [5.41, 5.74) is -0.187. The fourth-order valence-corrected chi connectivity index (χ4v) is 2.50. The normalized spacial score (nSPS) is 29.4. The highest BCUT2D eigenvalue weighted by Crippen LogP contribution is 2.32. The van der Waals surface area contributed by atoms with Gasteiger partial charge in [-0.3, -0.25) is 5.32 Å². The van der Waals surface area contributed by atoms with E-state index in [1.54, 1.807) is 6.26 Å². The smallest absolute Gasteiger partial charge is 0.124 e. The Morgan fingerprint density at radius 1 is 1.25 bits per heavy atom. The average molecular weight is 223 g/mol. The maximum absolute atomic E-state index is 5.90. The summed E-state index contributed by atoms with van der Waals surface area (Å²) < 4.78 is 16.7. The summed E-state index contributed by atoms with van der Waals surface area (Å²) in [5, 5.41) is 3.58. The summed E-state index contributed by atoms with van der Waals surface area (Å²) in [5.74, 6) is 1.01. The lowest BCUT2D eigenvalue weighted by molar-refractivity contribution is -0.160. The van der Waals surface area contributed by atoms with Crippen molar-refractivity contribution in [2.75, 3.05) is 19.8 Å². The van der Waals surface area contributed by atoms with E-state index in [9.17, 15) is 0 Å². The predicted molar refractivity (Wildman–Crippen MR) is 57.9 cm³/mol. The van der Waals surface area contributed by atoms with Gasteiger partial charge in [0, 0.05) is 12.8 Å². The van der Waals surface area contributed by atoms with E-state index in [0.29, 0.717) is 0 Å². The number of ether oxygens (including phenoxy) is 2. The Morgan fingerprint density at radius 3 is 2.88 bits per heavy atom. The topological polar surface area (TPSA) is 43.6 Å². The summed E-state index contributed by atoms with van der Waals surface area (Å²) >= 11 is 0. The summed E-state index contributed by atoms with van der Waals surface area (Å²) in [6.07, 6.45) is 4.54.